The number of aryl methyl sites for hydroxylation is 1. The maximum Gasteiger partial charge on any atom is 0.331 e. The van der Waals surface area contributed by atoms with Gasteiger partial charge in [-0.1, -0.05) is 13.3 Å². The number of nitrogens with zero attached hydrogens (tertiary/aromatic N) is 2. The molecular formula is C13H20N2O2. The van der Waals surface area contributed by atoms with Gasteiger partial charge in [-0.05, 0) is 44.1 Å². The molecule has 1 aliphatic carbocycles. The van der Waals surface area contributed by atoms with E-state index in [1.165, 1.54) is 0 Å². The Morgan fingerprint density at radius 1 is 1.59 bits per heavy atom. The van der Waals surface area contributed by atoms with Crippen molar-refractivity contribution < 1.29 is 9.90 Å². The zero-order valence-corrected chi connectivity index (χ0v) is 10.5. The first kappa shape index (κ1) is 12.1. The lowest BCUT2D eigenvalue weighted by molar-refractivity contribution is -0.150. The van der Waals surface area contributed by atoms with Crippen LogP contribution in [0.15, 0.2) is 12.4 Å². The third kappa shape index (κ3) is 2.08. The minimum atomic E-state index is -0.806. The van der Waals surface area contributed by atoms with Crippen LogP contribution in [0.3, 0.4) is 0 Å². The van der Waals surface area contributed by atoms with E-state index >= 15 is 0 Å². The molecule has 4 nitrogen and oxygen atoms in total. The fraction of sp³-hybridized carbons (Fsp3) is 0.692. The average molecular weight is 236 g/mol. The molecule has 1 aromatic heterocycles. The Hall–Kier alpha value is -1.32. The van der Waals surface area contributed by atoms with Crippen LogP contribution < -0.4 is 0 Å². The molecule has 0 saturated heterocycles. The SMILES string of the molecule is CCC1CCC(C(=O)O)(n2cc(C)cn2)CC1. The molecule has 0 bridgehead atoms. The van der Waals surface area contributed by atoms with Crippen molar-refractivity contribution in [2.24, 2.45) is 5.92 Å². The van der Waals surface area contributed by atoms with Crippen LogP contribution in [-0.2, 0) is 10.3 Å². The predicted molar refractivity (Wildman–Crippen MR) is 64.8 cm³/mol. The van der Waals surface area contributed by atoms with Crippen LogP contribution in [0, 0.1) is 12.8 Å². The first-order valence-corrected chi connectivity index (χ1v) is 6.33. The lowest BCUT2D eigenvalue weighted by atomic mass is 9.75. The summed E-state index contributed by atoms with van der Waals surface area (Å²) >= 11 is 0. The molecule has 0 radical (unpaired) electrons. The van der Waals surface area contributed by atoms with Crippen molar-refractivity contribution in [3.63, 3.8) is 0 Å². The second-order valence-corrected chi connectivity index (χ2v) is 5.15. The first-order chi connectivity index (χ1) is 8.08. The van der Waals surface area contributed by atoms with E-state index in [1.54, 1.807) is 10.9 Å². The number of aliphatic carboxylic acids is 1. The van der Waals surface area contributed by atoms with Crippen LogP contribution in [0.25, 0.3) is 0 Å². The molecule has 0 aliphatic heterocycles. The summed E-state index contributed by atoms with van der Waals surface area (Å²) in [5.41, 5.74) is 0.211. The van der Waals surface area contributed by atoms with Gasteiger partial charge in [0.05, 0.1) is 6.20 Å². The van der Waals surface area contributed by atoms with Crippen molar-refractivity contribution in [1.82, 2.24) is 9.78 Å². The quantitative estimate of drug-likeness (QED) is 0.877. The lowest BCUT2D eigenvalue weighted by Crippen LogP contribution is -2.45. The molecule has 94 valence electrons. The Morgan fingerprint density at radius 3 is 2.65 bits per heavy atom. The lowest BCUT2D eigenvalue weighted by Gasteiger charge is -2.36. The molecule has 0 amide bonds. The molecule has 1 fully saturated rings. The van der Waals surface area contributed by atoms with Crippen molar-refractivity contribution in [3.05, 3.63) is 18.0 Å². The highest BCUT2D eigenvalue weighted by Crippen LogP contribution is 2.38. The van der Waals surface area contributed by atoms with E-state index < -0.39 is 11.5 Å². The van der Waals surface area contributed by atoms with E-state index in [0.29, 0.717) is 18.8 Å². The van der Waals surface area contributed by atoms with Gasteiger partial charge >= 0.3 is 5.97 Å². The van der Waals surface area contributed by atoms with Crippen molar-refractivity contribution in [2.45, 2.75) is 51.5 Å². The fourth-order valence-corrected chi connectivity index (χ4v) is 2.75. The normalized spacial score (nSPS) is 29.2. The molecule has 2 rings (SSSR count). The Labute approximate surface area is 102 Å². The summed E-state index contributed by atoms with van der Waals surface area (Å²) in [5, 5.41) is 13.8. The number of hydrogen-bond donors (Lipinski definition) is 1. The Balaban J connectivity index is 2.26. The molecule has 1 heterocycles. The Morgan fingerprint density at radius 2 is 2.24 bits per heavy atom. The van der Waals surface area contributed by atoms with Crippen molar-refractivity contribution >= 4 is 5.97 Å². The van der Waals surface area contributed by atoms with Crippen LogP contribution in [-0.4, -0.2) is 20.9 Å². The molecule has 4 heteroatoms. The summed E-state index contributed by atoms with van der Waals surface area (Å²) in [4.78, 5) is 11.6. The molecule has 1 aliphatic rings. The summed E-state index contributed by atoms with van der Waals surface area (Å²) in [6, 6.07) is 0. The average Bonchev–Trinajstić information content (AvgIpc) is 2.76. The maximum atomic E-state index is 11.6. The van der Waals surface area contributed by atoms with Gasteiger partial charge in [0.2, 0.25) is 0 Å². The summed E-state index contributed by atoms with van der Waals surface area (Å²) < 4.78 is 1.66. The maximum absolute atomic E-state index is 11.6. The van der Waals surface area contributed by atoms with E-state index in [9.17, 15) is 9.90 Å². The number of carboxylic acid groups (broad SMARTS) is 1. The van der Waals surface area contributed by atoms with Crippen LogP contribution in [0.2, 0.25) is 0 Å². The smallest absolute Gasteiger partial charge is 0.331 e. The molecule has 0 spiro atoms. The van der Waals surface area contributed by atoms with Gasteiger partial charge in [-0.3, -0.25) is 4.68 Å². The number of rotatable bonds is 3. The molecular weight excluding hydrogens is 216 g/mol. The van der Waals surface area contributed by atoms with E-state index in [0.717, 1.165) is 24.8 Å². The third-order valence-corrected chi connectivity index (χ3v) is 4.06. The van der Waals surface area contributed by atoms with Gasteiger partial charge in [0.25, 0.3) is 0 Å². The van der Waals surface area contributed by atoms with E-state index in [4.69, 9.17) is 0 Å². The fourth-order valence-electron chi connectivity index (χ4n) is 2.75. The third-order valence-electron chi connectivity index (χ3n) is 4.06. The molecule has 0 aromatic carbocycles. The highest BCUT2D eigenvalue weighted by atomic mass is 16.4. The first-order valence-electron chi connectivity index (χ1n) is 6.33. The zero-order chi connectivity index (χ0) is 12.5. The summed E-state index contributed by atoms with van der Waals surface area (Å²) in [7, 11) is 0. The molecule has 0 atom stereocenters. The van der Waals surface area contributed by atoms with Gasteiger partial charge in [0.15, 0.2) is 5.54 Å². The van der Waals surface area contributed by atoms with Crippen LogP contribution in [0.1, 0.15) is 44.6 Å². The van der Waals surface area contributed by atoms with E-state index in [1.807, 2.05) is 13.1 Å². The van der Waals surface area contributed by atoms with Gasteiger partial charge in [-0.15, -0.1) is 0 Å². The Bertz CT molecular complexity index is 403. The van der Waals surface area contributed by atoms with Crippen molar-refractivity contribution in [1.29, 1.82) is 0 Å². The molecule has 1 saturated carbocycles. The van der Waals surface area contributed by atoms with Gasteiger partial charge in [0.1, 0.15) is 0 Å². The van der Waals surface area contributed by atoms with Crippen LogP contribution in [0.4, 0.5) is 0 Å². The number of aromatic nitrogens is 2. The highest BCUT2D eigenvalue weighted by molar-refractivity contribution is 5.76. The van der Waals surface area contributed by atoms with Gasteiger partial charge in [0, 0.05) is 6.20 Å². The molecule has 17 heavy (non-hydrogen) atoms. The van der Waals surface area contributed by atoms with E-state index in [-0.39, 0.29) is 0 Å². The van der Waals surface area contributed by atoms with Gasteiger partial charge in [-0.25, -0.2) is 4.79 Å². The number of carboxylic acids is 1. The zero-order valence-electron chi connectivity index (χ0n) is 10.5. The predicted octanol–water partition coefficient (Wildman–Crippen LogP) is 2.57. The topological polar surface area (TPSA) is 55.1 Å². The second-order valence-electron chi connectivity index (χ2n) is 5.15. The summed E-state index contributed by atoms with van der Waals surface area (Å²) in [5.74, 6) is -0.0608. The number of hydrogen-bond acceptors (Lipinski definition) is 2. The molecule has 1 aromatic rings. The van der Waals surface area contributed by atoms with Gasteiger partial charge < -0.3 is 5.11 Å². The largest absolute Gasteiger partial charge is 0.479 e. The summed E-state index contributed by atoms with van der Waals surface area (Å²) in [6.45, 7) is 4.12. The van der Waals surface area contributed by atoms with Crippen molar-refractivity contribution in [3.8, 4) is 0 Å². The Kier molecular flexibility index (Phi) is 3.22. The minimum absolute atomic E-state index is 0.680. The monoisotopic (exact) mass is 236 g/mol. The van der Waals surface area contributed by atoms with Crippen LogP contribution >= 0.6 is 0 Å². The minimum Gasteiger partial charge on any atom is -0.479 e. The molecule has 0 unspecified atom stereocenters. The van der Waals surface area contributed by atoms with Crippen LogP contribution in [0.5, 0.6) is 0 Å². The van der Waals surface area contributed by atoms with Crippen molar-refractivity contribution in [2.75, 3.05) is 0 Å². The van der Waals surface area contributed by atoms with E-state index in [2.05, 4.69) is 12.0 Å². The molecule has 1 N–H and O–H groups in total. The standard InChI is InChI=1S/C13H20N2O2/c1-3-11-4-6-13(7-5-11,12(16)17)15-9-10(2)8-14-15/h8-9,11H,3-7H2,1-2H3,(H,16,17). The number of carbonyl (C=O) groups is 1. The highest BCUT2D eigenvalue weighted by Gasteiger charge is 2.44. The van der Waals surface area contributed by atoms with Gasteiger partial charge in [-0.2, -0.15) is 5.10 Å². The second kappa shape index (κ2) is 4.51. The summed E-state index contributed by atoms with van der Waals surface area (Å²) in [6.07, 6.45) is 8.10.